The van der Waals surface area contributed by atoms with Gasteiger partial charge in [0.05, 0.1) is 35.3 Å². The van der Waals surface area contributed by atoms with E-state index in [0.29, 0.717) is 28.9 Å². The van der Waals surface area contributed by atoms with E-state index < -0.39 is 4.92 Å². The van der Waals surface area contributed by atoms with Crippen LogP contribution in [-0.4, -0.2) is 40.6 Å². The quantitative estimate of drug-likeness (QED) is 0.0810. The monoisotopic (exact) mass is 570 g/mol. The summed E-state index contributed by atoms with van der Waals surface area (Å²) in [5.41, 5.74) is 2.74. The summed E-state index contributed by atoms with van der Waals surface area (Å²) in [5, 5.41) is 16.8. The van der Waals surface area contributed by atoms with Crippen LogP contribution in [0.25, 0.3) is 22.3 Å². The largest absolute Gasteiger partial charge is 0.494 e. The molecule has 0 saturated heterocycles. The SMILES string of the molecule is C=CCOc1c(OCC)cc(C=Nn2c(-c3cc(C(C)C)c(OCC)cc3C)nc3ccccc3c2=O)cc1[N+](=O)[O-]. The molecular formula is C32H34N4O6. The molecule has 4 rings (SSSR count). The molecule has 0 amide bonds. The van der Waals surface area contributed by atoms with Gasteiger partial charge in [-0.3, -0.25) is 14.9 Å². The fourth-order valence-electron chi connectivity index (χ4n) is 4.57. The van der Waals surface area contributed by atoms with Gasteiger partial charge in [-0.1, -0.05) is 38.6 Å². The number of ether oxygens (including phenoxy) is 3. The number of para-hydroxylation sites is 1. The van der Waals surface area contributed by atoms with Crippen LogP contribution in [-0.2, 0) is 0 Å². The number of aryl methyl sites for hydroxylation is 1. The summed E-state index contributed by atoms with van der Waals surface area (Å²) in [6.45, 7) is 14.2. The van der Waals surface area contributed by atoms with Crippen molar-refractivity contribution in [2.24, 2.45) is 5.10 Å². The van der Waals surface area contributed by atoms with E-state index in [1.165, 1.54) is 23.0 Å². The molecule has 0 saturated carbocycles. The summed E-state index contributed by atoms with van der Waals surface area (Å²) in [7, 11) is 0. The van der Waals surface area contributed by atoms with Crippen LogP contribution in [0.3, 0.4) is 0 Å². The van der Waals surface area contributed by atoms with Gasteiger partial charge in [-0.2, -0.15) is 9.78 Å². The van der Waals surface area contributed by atoms with Crippen molar-refractivity contribution >= 4 is 22.8 Å². The normalized spacial score (nSPS) is 11.3. The Kier molecular flexibility index (Phi) is 9.36. The second-order valence-corrected chi connectivity index (χ2v) is 9.76. The molecule has 0 N–H and O–H groups in total. The number of nitro groups is 1. The van der Waals surface area contributed by atoms with E-state index in [1.807, 2.05) is 32.0 Å². The van der Waals surface area contributed by atoms with Gasteiger partial charge in [0, 0.05) is 17.2 Å². The molecule has 3 aromatic carbocycles. The van der Waals surface area contributed by atoms with Crippen molar-refractivity contribution < 1.29 is 19.1 Å². The van der Waals surface area contributed by atoms with E-state index in [0.717, 1.165) is 22.4 Å². The van der Waals surface area contributed by atoms with Crippen molar-refractivity contribution in [3.05, 3.63) is 98.3 Å². The smallest absolute Gasteiger partial charge is 0.315 e. The van der Waals surface area contributed by atoms with Gasteiger partial charge in [0.25, 0.3) is 5.56 Å². The molecule has 0 radical (unpaired) electrons. The topological polar surface area (TPSA) is 118 Å². The summed E-state index contributed by atoms with van der Waals surface area (Å²) >= 11 is 0. The fraction of sp³-hybridized carbons (Fsp3) is 0.281. The standard InChI is InChI=1S/C32H34N4O6/c1-7-14-42-30-27(36(38)39)16-22(17-29(30)41-9-3)19-33-35-31(34-26-13-11-10-12-23(26)32(35)37)25-18-24(20(4)5)28(40-8-2)15-21(25)6/h7,10-13,15-20H,1,8-9,14H2,2-6H3. The molecule has 0 aliphatic carbocycles. The Hall–Kier alpha value is -4.99. The van der Waals surface area contributed by atoms with Crippen molar-refractivity contribution in [1.82, 2.24) is 9.66 Å². The number of nitrogens with zero attached hydrogens (tertiary/aromatic N) is 4. The Morgan fingerprint density at radius 3 is 2.45 bits per heavy atom. The van der Waals surface area contributed by atoms with Crippen LogP contribution in [0.4, 0.5) is 5.69 Å². The van der Waals surface area contributed by atoms with Crippen molar-refractivity contribution in [1.29, 1.82) is 0 Å². The van der Waals surface area contributed by atoms with Crippen LogP contribution in [0.5, 0.6) is 17.2 Å². The Morgan fingerprint density at radius 2 is 1.79 bits per heavy atom. The zero-order valence-corrected chi connectivity index (χ0v) is 24.4. The summed E-state index contributed by atoms with van der Waals surface area (Å²) in [5.74, 6) is 1.44. The van der Waals surface area contributed by atoms with E-state index in [2.05, 4.69) is 25.5 Å². The number of rotatable bonds is 12. The van der Waals surface area contributed by atoms with Gasteiger partial charge in [-0.05, 0) is 68.1 Å². The third-order valence-electron chi connectivity index (χ3n) is 6.50. The Labute approximate surface area is 244 Å². The van der Waals surface area contributed by atoms with E-state index in [1.54, 1.807) is 31.2 Å². The molecule has 42 heavy (non-hydrogen) atoms. The molecule has 0 unspecified atom stereocenters. The van der Waals surface area contributed by atoms with Crippen LogP contribution in [0.2, 0.25) is 0 Å². The van der Waals surface area contributed by atoms with Crippen LogP contribution >= 0.6 is 0 Å². The lowest BCUT2D eigenvalue weighted by molar-refractivity contribution is -0.385. The van der Waals surface area contributed by atoms with Crippen molar-refractivity contribution in [2.45, 2.75) is 40.5 Å². The molecule has 1 aromatic heterocycles. The molecular weight excluding hydrogens is 536 g/mol. The molecule has 10 nitrogen and oxygen atoms in total. The first-order valence-corrected chi connectivity index (χ1v) is 13.7. The van der Waals surface area contributed by atoms with Crippen LogP contribution in [0, 0.1) is 17.0 Å². The summed E-state index contributed by atoms with van der Waals surface area (Å²) < 4.78 is 18.3. The van der Waals surface area contributed by atoms with Gasteiger partial charge >= 0.3 is 5.69 Å². The maximum Gasteiger partial charge on any atom is 0.315 e. The lowest BCUT2D eigenvalue weighted by atomic mass is 9.96. The Bertz CT molecular complexity index is 1720. The van der Waals surface area contributed by atoms with E-state index in [4.69, 9.17) is 19.2 Å². The van der Waals surface area contributed by atoms with Crippen molar-refractivity contribution in [3.8, 4) is 28.6 Å². The molecule has 0 aliphatic rings. The van der Waals surface area contributed by atoms with Crippen molar-refractivity contribution in [3.63, 3.8) is 0 Å². The molecule has 1 heterocycles. The number of hydrogen-bond acceptors (Lipinski definition) is 8. The van der Waals surface area contributed by atoms with Crippen molar-refractivity contribution in [2.75, 3.05) is 19.8 Å². The number of aromatic nitrogens is 2. The van der Waals surface area contributed by atoms with Gasteiger partial charge in [-0.15, -0.1) is 0 Å². The summed E-state index contributed by atoms with van der Waals surface area (Å²) in [6, 6.07) is 13.9. The zero-order valence-electron chi connectivity index (χ0n) is 24.4. The highest BCUT2D eigenvalue weighted by Crippen LogP contribution is 2.38. The first-order chi connectivity index (χ1) is 20.2. The predicted octanol–water partition coefficient (Wildman–Crippen LogP) is 6.65. The van der Waals surface area contributed by atoms with Gasteiger partial charge < -0.3 is 14.2 Å². The number of fused-ring (bicyclic) bond motifs is 1. The highest BCUT2D eigenvalue weighted by Gasteiger charge is 2.23. The lowest BCUT2D eigenvalue weighted by Gasteiger charge is -2.18. The molecule has 10 heteroatoms. The molecule has 0 spiro atoms. The molecule has 0 fully saturated rings. The first-order valence-electron chi connectivity index (χ1n) is 13.7. The van der Waals surface area contributed by atoms with Crippen LogP contribution in [0.1, 0.15) is 50.3 Å². The van der Waals surface area contributed by atoms with Crippen LogP contribution < -0.4 is 19.8 Å². The highest BCUT2D eigenvalue weighted by atomic mass is 16.6. The molecule has 4 aromatic rings. The third kappa shape index (κ3) is 6.17. The zero-order chi connectivity index (χ0) is 30.4. The minimum Gasteiger partial charge on any atom is -0.494 e. The minimum atomic E-state index is -0.551. The third-order valence-corrected chi connectivity index (χ3v) is 6.50. The number of nitro benzene ring substituents is 1. The minimum absolute atomic E-state index is 0.00430. The second kappa shape index (κ2) is 13.1. The Morgan fingerprint density at radius 1 is 1.07 bits per heavy atom. The molecule has 0 atom stereocenters. The predicted molar refractivity (Wildman–Crippen MR) is 164 cm³/mol. The Balaban J connectivity index is 1.95. The maximum atomic E-state index is 13.8. The average molecular weight is 571 g/mol. The number of benzene rings is 3. The average Bonchev–Trinajstić information content (AvgIpc) is 2.96. The van der Waals surface area contributed by atoms with Gasteiger partial charge in [0.1, 0.15) is 12.4 Å². The van der Waals surface area contributed by atoms with Gasteiger partial charge in [0.2, 0.25) is 5.75 Å². The molecule has 218 valence electrons. The van der Waals surface area contributed by atoms with E-state index >= 15 is 0 Å². The summed E-state index contributed by atoms with van der Waals surface area (Å²) in [4.78, 5) is 30.0. The highest BCUT2D eigenvalue weighted by molar-refractivity contribution is 5.84. The van der Waals surface area contributed by atoms with Crippen LogP contribution in [0.15, 0.2) is 71.1 Å². The second-order valence-electron chi connectivity index (χ2n) is 9.76. The molecule has 0 bridgehead atoms. The van der Waals surface area contributed by atoms with E-state index in [-0.39, 0.29) is 41.9 Å². The van der Waals surface area contributed by atoms with Gasteiger partial charge in [0.15, 0.2) is 11.6 Å². The first kappa shape index (κ1) is 30.0. The van der Waals surface area contributed by atoms with E-state index in [9.17, 15) is 14.9 Å². The molecule has 0 aliphatic heterocycles. The lowest BCUT2D eigenvalue weighted by Crippen LogP contribution is -2.21. The maximum absolute atomic E-state index is 13.8. The summed E-state index contributed by atoms with van der Waals surface area (Å²) in [6.07, 6.45) is 2.87. The number of hydrogen-bond donors (Lipinski definition) is 0. The van der Waals surface area contributed by atoms with Gasteiger partial charge in [-0.25, -0.2) is 4.98 Å². The fourth-order valence-corrected chi connectivity index (χ4v) is 4.57.